The number of hydrogen-bond acceptors (Lipinski definition) is 6. The van der Waals surface area contributed by atoms with Gasteiger partial charge < -0.3 is 14.6 Å². The van der Waals surface area contributed by atoms with Crippen molar-refractivity contribution in [3.8, 4) is 11.5 Å². The molecule has 1 fully saturated rings. The fourth-order valence-electron chi connectivity index (χ4n) is 6.28. The molecule has 1 amide bonds. The molecule has 0 heterocycles. The Morgan fingerprint density at radius 2 is 1.57 bits per heavy atom. The number of allylic oxidation sites excluding steroid dienone is 2. The van der Waals surface area contributed by atoms with Gasteiger partial charge in [-0.1, -0.05) is 84.6 Å². The van der Waals surface area contributed by atoms with Crippen molar-refractivity contribution in [1.29, 1.82) is 0 Å². The van der Waals surface area contributed by atoms with Crippen LogP contribution in [-0.2, 0) is 19.7 Å². The van der Waals surface area contributed by atoms with Gasteiger partial charge in [0.05, 0.1) is 5.92 Å². The Bertz CT molecular complexity index is 1600. The number of benzene rings is 3. The summed E-state index contributed by atoms with van der Waals surface area (Å²) >= 11 is 3.66. The molecule has 232 valence electrons. The number of anilines is 1. The van der Waals surface area contributed by atoms with Crippen LogP contribution in [0.1, 0.15) is 69.4 Å². The van der Waals surface area contributed by atoms with E-state index in [0.29, 0.717) is 28.1 Å². The van der Waals surface area contributed by atoms with Gasteiger partial charge in [-0.25, -0.2) is 0 Å². The zero-order valence-electron chi connectivity index (χ0n) is 24.7. The quantitative estimate of drug-likeness (QED) is 0.102. The van der Waals surface area contributed by atoms with E-state index in [1.54, 1.807) is 42.5 Å². The molecule has 0 radical (unpaired) electrons. The van der Waals surface area contributed by atoms with Crippen molar-refractivity contribution in [1.82, 2.24) is 0 Å². The van der Waals surface area contributed by atoms with Gasteiger partial charge in [-0.15, -0.1) is 0 Å². The predicted octanol–water partition coefficient (Wildman–Crippen LogP) is 7.75. The molecule has 2 aliphatic carbocycles. The number of hydrogen-bond donors (Lipinski definition) is 2. The van der Waals surface area contributed by atoms with Gasteiger partial charge in [0, 0.05) is 22.9 Å². The molecule has 0 spiro atoms. The number of phenols is 1. The average Bonchev–Trinajstić information content (AvgIpc) is 3.50. The van der Waals surface area contributed by atoms with Crippen LogP contribution >= 0.6 is 15.9 Å². The number of para-hydroxylation sites is 1. The Labute approximate surface area is 268 Å². The molecule has 2 bridgehead atoms. The number of ketones is 1. The Morgan fingerprint density at radius 1 is 0.932 bits per heavy atom. The SMILES string of the molecule is CCC(Br)CCCCCCC(=O)Nc1ccc(C2=C(c3ccc(O)cc3)C3C(=O)C2CC3S(=O)(=O)Oc2ccccc2)cc1. The number of carbonyl (C=O) groups is 2. The number of unbranched alkanes of at least 4 members (excludes halogenated alkanes) is 3. The normalized spacial score (nSPS) is 20.1. The lowest BCUT2D eigenvalue weighted by atomic mass is 9.83. The van der Waals surface area contributed by atoms with Crippen LogP contribution in [-0.4, -0.2) is 35.3 Å². The monoisotopic (exact) mass is 679 g/mol. The minimum absolute atomic E-state index is 0.0322. The fraction of sp³-hybridized carbons (Fsp3) is 0.371. The van der Waals surface area contributed by atoms with Crippen LogP contribution < -0.4 is 9.50 Å². The van der Waals surface area contributed by atoms with Crippen LogP contribution in [0.3, 0.4) is 0 Å². The summed E-state index contributed by atoms with van der Waals surface area (Å²) in [5.41, 5.74) is 3.56. The van der Waals surface area contributed by atoms with Crippen molar-refractivity contribution < 1.29 is 27.3 Å². The fourth-order valence-corrected chi connectivity index (χ4v) is 8.14. The second-order valence-electron chi connectivity index (χ2n) is 11.6. The van der Waals surface area contributed by atoms with E-state index in [1.165, 1.54) is 12.1 Å². The summed E-state index contributed by atoms with van der Waals surface area (Å²) in [5, 5.41) is 11.8. The highest BCUT2D eigenvalue weighted by molar-refractivity contribution is 9.09. The Morgan fingerprint density at radius 3 is 2.25 bits per heavy atom. The first-order valence-corrected chi connectivity index (χ1v) is 17.7. The van der Waals surface area contributed by atoms with Gasteiger partial charge in [0.25, 0.3) is 0 Å². The summed E-state index contributed by atoms with van der Waals surface area (Å²) in [7, 11) is -4.12. The van der Waals surface area contributed by atoms with Crippen LogP contribution in [0.4, 0.5) is 5.69 Å². The number of fused-ring (bicyclic) bond motifs is 2. The van der Waals surface area contributed by atoms with E-state index in [4.69, 9.17) is 4.18 Å². The number of amides is 1. The molecule has 44 heavy (non-hydrogen) atoms. The first-order chi connectivity index (χ1) is 21.2. The number of Topliss-reactive ketones (excluding diaryl/α,β-unsaturated/α-hetero) is 1. The molecule has 5 rings (SSSR count). The number of halogens is 1. The molecule has 4 atom stereocenters. The number of phenolic OH excluding ortho intramolecular Hbond substituents is 1. The topological polar surface area (TPSA) is 110 Å². The highest BCUT2D eigenvalue weighted by atomic mass is 79.9. The van der Waals surface area contributed by atoms with Gasteiger partial charge in [-0.05, 0) is 84.4 Å². The van der Waals surface area contributed by atoms with Gasteiger partial charge in [-0.2, -0.15) is 8.42 Å². The van der Waals surface area contributed by atoms with E-state index in [-0.39, 0.29) is 29.6 Å². The third-order valence-corrected chi connectivity index (χ3v) is 11.3. The van der Waals surface area contributed by atoms with Crippen LogP contribution in [0.2, 0.25) is 0 Å². The Balaban J connectivity index is 1.32. The molecule has 0 aromatic heterocycles. The Kier molecular flexibility index (Phi) is 10.3. The summed E-state index contributed by atoms with van der Waals surface area (Å²) in [6, 6.07) is 22.1. The summed E-state index contributed by atoms with van der Waals surface area (Å²) in [5.74, 6) is -1.40. The van der Waals surface area contributed by atoms with Crippen molar-refractivity contribution in [2.24, 2.45) is 11.8 Å². The summed E-state index contributed by atoms with van der Waals surface area (Å²) < 4.78 is 32.4. The first kappa shape index (κ1) is 32.0. The number of carbonyl (C=O) groups excluding carboxylic acids is 2. The van der Waals surface area contributed by atoms with E-state index < -0.39 is 27.2 Å². The van der Waals surface area contributed by atoms with E-state index in [0.717, 1.165) is 49.7 Å². The van der Waals surface area contributed by atoms with Crippen molar-refractivity contribution >= 4 is 54.6 Å². The van der Waals surface area contributed by atoms with Crippen molar-refractivity contribution in [3.05, 3.63) is 90.0 Å². The molecule has 2 aliphatic rings. The minimum Gasteiger partial charge on any atom is -0.508 e. The number of nitrogens with one attached hydrogen (secondary N) is 1. The highest BCUT2D eigenvalue weighted by Crippen LogP contribution is 2.56. The van der Waals surface area contributed by atoms with Gasteiger partial charge in [0.15, 0.2) is 0 Å². The van der Waals surface area contributed by atoms with Crippen molar-refractivity contribution in [3.63, 3.8) is 0 Å². The number of alkyl halides is 1. The molecule has 0 saturated heterocycles. The van der Waals surface area contributed by atoms with Gasteiger partial charge in [0.2, 0.25) is 5.91 Å². The number of aromatic hydroxyl groups is 1. The Hall–Kier alpha value is -3.43. The van der Waals surface area contributed by atoms with Gasteiger partial charge in [-0.3, -0.25) is 9.59 Å². The van der Waals surface area contributed by atoms with E-state index in [1.807, 2.05) is 24.3 Å². The van der Waals surface area contributed by atoms with Crippen molar-refractivity contribution in [2.75, 3.05) is 5.32 Å². The lowest BCUT2D eigenvalue weighted by Crippen LogP contribution is -2.32. The van der Waals surface area contributed by atoms with E-state index in [2.05, 4.69) is 28.2 Å². The second-order valence-corrected chi connectivity index (χ2v) is 14.6. The smallest absolute Gasteiger partial charge is 0.313 e. The van der Waals surface area contributed by atoms with Gasteiger partial charge >= 0.3 is 10.1 Å². The maximum atomic E-state index is 13.7. The third-order valence-electron chi connectivity index (χ3n) is 8.54. The lowest BCUT2D eigenvalue weighted by molar-refractivity contribution is -0.120. The molecule has 7 nitrogen and oxygen atoms in total. The largest absolute Gasteiger partial charge is 0.508 e. The first-order valence-electron chi connectivity index (χ1n) is 15.3. The molecule has 3 aromatic carbocycles. The second kappa shape index (κ2) is 14.1. The molecule has 2 N–H and O–H groups in total. The molecular weight excluding hydrogens is 642 g/mol. The maximum Gasteiger partial charge on any atom is 0.313 e. The standard InChI is InChI=1S/C35H38BrNO6S/c1-2-25(36)10-6-3-4-9-13-31(39)37-26-18-14-23(15-19-26)32-29-22-30(44(41,42)43-28-11-7-5-8-12-28)34(35(29)40)33(32)24-16-20-27(38)21-17-24/h5,7-8,11-12,14-21,25,29-30,34,38H,2-4,6,9-10,13,22H2,1H3,(H,37,39). The molecule has 9 heteroatoms. The summed E-state index contributed by atoms with van der Waals surface area (Å²) in [4.78, 5) is 26.8. The molecule has 1 saturated carbocycles. The highest BCUT2D eigenvalue weighted by Gasteiger charge is 2.58. The third kappa shape index (κ3) is 7.26. The van der Waals surface area contributed by atoms with E-state index >= 15 is 0 Å². The van der Waals surface area contributed by atoms with Gasteiger partial charge in [0.1, 0.15) is 22.5 Å². The number of rotatable bonds is 14. The van der Waals surface area contributed by atoms with Crippen molar-refractivity contribution in [2.45, 2.75) is 68.4 Å². The average molecular weight is 681 g/mol. The molecular formula is C35H38BrNO6S. The summed E-state index contributed by atoms with van der Waals surface area (Å²) in [6.07, 6.45) is 7.01. The molecule has 0 aliphatic heterocycles. The molecule has 3 aromatic rings. The zero-order valence-corrected chi connectivity index (χ0v) is 27.1. The lowest BCUT2D eigenvalue weighted by Gasteiger charge is -2.26. The van der Waals surface area contributed by atoms with Crippen LogP contribution in [0.5, 0.6) is 11.5 Å². The summed E-state index contributed by atoms with van der Waals surface area (Å²) in [6.45, 7) is 2.17. The van der Waals surface area contributed by atoms with Crippen LogP contribution in [0, 0.1) is 11.8 Å². The van der Waals surface area contributed by atoms with Crippen LogP contribution in [0.25, 0.3) is 11.1 Å². The predicted molar refractivity (Wildman–Crippen MR) is 177 cm³/mol. The maximum absolute atomic E-state index is 13.7. The van der Waals surface area contributed by atoms with Crippen LogP contribution in [0.15, 0.2) is 78.9 Å². The zero-order chi connectivity index (χ0) is 31.3. The molecule has 4 unspecified atom stereocenters. The van der Waals surface area contributed by atoms with E-state index in [9.17, 15) is 23.1 Å². The minimum atomic E-state index is -4.12.